The number of hydrogen-bond donors (Lipinski definition) is 1. The molecule has 68 valence electrons. The third kappa shape index (κ3) is 1.67. The van der Waals surface area contributed by atoms with E-state index in [0.717, 1.165) is 24.5 Å². The summed E-state index contributed by atoms with van der Waals surface area (Å²) in [6, 6.07) is 0. The highest BCUT2D eigenvalue weighted by atomic mass is 16.3. The van der Waals surface area contributed by atoms with Gasteiger partial charge in [-0.3, -0.25) is 0 Å². The summed E-state index contributed by atoms with van der Waals surface area (Å²) in [5, 5.41) is 8.78. The van der Waals surface area contributed by atoms with Crippen LogP contribution >= 0.6 is 0 Å². The molecule has 1 heterocycles. The molecule has 1 rings (SSSR count). The number of aryl methyl sites for hydroxylation is 1. The van der Waals surface area contributed by atoms with Crippen molar-refractivity contribution in [3.8, 4) is 0 Å². The number of hydrogen-bond acceptors (Lipinski definition) is 2. The lowest BCUT2D eigenvalue weighted by molar-refractivity contribution is 0.296. The third-order valence-electron chi connectivity index (χ3n) is 2.02. The maximum absolute atomic E-state index is 8.78. The Bertz CT molecular complexity index is 243. The molecule has 0 atom stereocenters. The molecule has 0 aliphatic carbocycles. The summed E-state index contributed by atoms with van der Waals surface area (Å²) < 4.78 is 2.16. The highest BCUT2D eigenvalue weighted by Crippen LogP contribution is 2.06. The molecule has 0 fully saturated rings. The predicted molar refractivity (Wildman–Crippen MR) is 48.1 cm³/mol. The molecule has 0 aromatic carbocycles. The van der Waals surface area contributed by atoms with Gasteiger partial charge in [-0.25, -0.2) is 4.98 Å². The molecule has 0 aliphatic rings. The molecular formula is C9H16N2O. The minimum absolute atomic E-state index is 0.203. The Balaban J connectivity index is 2.88. The largest absolute Gasteiger partial charge is 0.396 e. The molecular weight excluding hydrogens is 152 g/mol. The normalized spacial score (nSPS) is 10.6. The lowest BCUT2D eigenvalue weighted by Gasteiger charge is -2.06. The van der Waals surface area contributed by atoms with Gasteiger partial charge >= 0.3 is 0 Å². The lowest BCUT2D eigenvalue weighted by atomic mass is 10.3. The van der Waals surface area contributed by atoms with Crippen molar-refractivity contribution in [2.45, 2.75) is 33.2 Å². The van der Waals surface area contributed by atoms with Crippen molar-refractivity contribution in [2.75, 3.05) is 6.61 Å². The first kappa shape index (κ1) is 9.26. The van der Waals surface area contributed by atoms with Crippen molar-refractivity contribution < 1.29 is 5.11 Å². The molecule has 12 heavy (non-hydrogen) atoms. The van der Waals surface area contributed by atoms with E-state index in [-0.39, 0.29) is 6.61 Å². The molecule has 1 aromatic rings. The van der Waals surface area contributed by atoms with Gasteiger partial charge in [-0.05, 0) is 6.92 Å². The molecule has 0 saturated carbocycles. The molecule has 0 bridgehead atoms. The lowest BCUT2D eigenvalue weighted by Crippen LogP contribution is -2.06. The first-order chi connectivity index (χ1) is 5.83. The fourth-order valence-corrected chi connectivity index (χ4v) is 1.44. The van der Waals surface area contributed by atoms with Crippen molar-refractivity contribution in [2.24, 2.45) is 0 Å². The van der Waals surface area contributed by atoms with Crippen molar-refractivity contribution >= 4 is 0 Å². The zero-order valence-electron chi connectivity index (χ0n) is 7.75. The van der Waals surface area contributed by atoms with Crippen LogP contribution in [-0.4, -0.2) is 21.3 Å². The van der Waals surface area contributed by atoms with E-state index < -0.39 is 0 Å². The number of aliphatic hydroxyl groups is 1. The van der Waals surface area contributed by atoms with Crippen molar-refractivity contribution in [3.63, 3.8) is 0 Å². The van der Waals surface area contributed by atoms with E-state index in [0.29, 0.717) is 6.42 Å². The van der Waals surface area contributed by atoms with Crippen LogP contribution in [-0.2, 0) is 19.4 Å². The fourth-order valence-electron chi connectivity index (χ4n) is 1.44. The Morgan fingerprint density at radius 3 is 2.75 bits per heavy atom. The van der Waals surface area contributed by atoms with E-state index in [1.807, 2.05) is 6.20 Å². The number of aliphatic hydroxyl groups excluding tert-OH is 1. The van der Waals surface area contributed by atoms with Crippen molar-refractivity contribution in [1.82, 2.24) is 9.55 Å². The Morgan fingerprint density at radius 2 is 2.25 bits per heavy atom. The van der Waals surface area contributed by atoms with Crippen molar-refractivity contribution in [1.29, 1.82) is 0 Å². The van der Waals surface area contributed by atoms with Crippen LogP contribution in [0.1, 0.15) is 25.4 Å². The average molecular weight is 168 g/mol. The molecule has 0 saturated heterocycles. The van der Waals surface area contributed by atoms with E-state index in [1.165, 1.54) is 0 Å². The second-order valence-electron chi connectivity index (χ2n) is 2.74. The summed E-state index contributed by atoms with van der Waals surface area (Å²) in [6.07, 6.45) is 3.53. The maximum Gasteiger partial charge on any atom is 0.108 e. The summed E-state index contributed by atoms with van der Waals surface area (Å²) >= 11 is 0. The van der Waals surface area contributed by atoms with Crippen LogP contribution in [0.5, 0.6) is 0 Å². The highest BCUT2D eigenvalue weighted by molar-refractivity contribution is 5.05. The predicted octanol–water partition coefficient (Wildman–Crippen LogP) is 1.00. The quantitative estimate of drug-likeness (QED) is 0.728. The standard InChI is InChI=1S/C9H16N2O/c1-3-9-10-7-8(5-6-12)11(9)4-2/h7,12H,3-6H2,1-2H3. The van der Waals surface area contributed by atoms with Crippen LogP contribution in [0.4, 0.5) is 0 Å². The summed E-state index contributed by atoms with van der Waals surface area (Å²) in [5.74, 6) is 1.11. The molecule has 3 heteroatoms. The van der Waals surface area contributed by atoms with Crippen molar-refractivity contribution in [3.05, 3.63) is 17.7 Å². The number of nitrogens with zero attached hydrogens (tertiary/aromatic N) is 2. The van der Waals surface area contributed by atoms with Gasteiger partial charge in [-0.1, -0.05) is 6.92 Å². The number of imidazole rings is 1. The monoisotopic (exact) mass is 168 g/mol. The van der Waals surface area contributed by atoms with Crippen LogP contribution in [0, 0.1) is 0 Å². The zero-order chi connectivity index (χ0) is 8.97. The molecule has 3 nitrogen and oxygen atoms in total. The molecule has 0 radical (unpaired) electrons. The summed E-state index contributed by atoms with van der Waals surface area (Å²) in [4.78, 5) is 4.28. The fraction of sp³-hybridized carbons (Fsp3) is 0.667. The molecule has 1 N–H and O–H groups in total. The smallest absolute Gasteiger partial charge is 0.108 e. The van der Waals surface area contributed by atoms with Gasteiger partial charge in [0.15, 0.2) is 0 Å². The molecule has 0 unspecified atom stereocenters. The van der Waals surface area contributed by atoms with Gasteiger partial charge in [0, 0.05) is 37.9 Å². The molecule has 0 aliphatic heterocycles. The van der Waals surface area contributed by atoms with Crippen LogP contribution in [0.3, 0.4) is 0 Å². The van der Waals surface area contributed by atoms with Gasteiger partial charge in [0.2, 0.25) is 0 Å². The van der Waals surface area contributed by atoms with Crippen LogP contribution < -0.4 is 0 Å². The second-order valence-corrected chi connectivity index (χ2v) is 2.74. The maximum atomic E-state index is 8.78. The third-order valence-corrected chi connectivity index (χ3v) is 2.02. The van der Waals surface area contributed by atoms with Gasteiger partial charge < -0.3 is 9.67 Å². The Labute approximate surface area is 73.1 Å². The zero-order valence-corrected chi connectivity index (χ0v) is 7.75. The summed E-state index contributed by atoms with van der Waals surface area (Å²) in [6.45, 7) is 5.34. The topological polar surface area (TPSA) is 38.1 Å². The SMILES string of the molecule is CCc1ncc(CCO)n1CC. The van der Waals surface area contributed by atoms with E-state index >= 15 is 0 Å². The Kier molecular flexibility index (Phi) is 3.29. The first-order valence-corrected chi connectivity index (χ1v) is 4.47. The highest BCUT2D eigenvalue weighted by Gasteiger charge is 2.05. The first-order valence-electron chi connectivity index (χ1n) is 4.47. The van der Waals surface area contributed by atoms with Gasteiger partial charge in [-0.2, -0.15) is 0 Å². The number of aromatic nitrogens is 2. The second kappa shape index (κ2) is 4.26. The number of rotatable bonds is 4. The molecule has 0 amide bonds. The molecule has 1 aromatic heterocycles. The van der Waals surface area contributed by atoms with E-state index in [1.54, 1.807) is 0 Å². The van der Waals surface area contributed by atoms with E-state index in [9.17, 15) is 0 Å². The average Bonchev–Trinajstić information content (AvgIpc) is 2.47. The summed E-state index contributed by atoms with van der Waals surface area (Å²) in [5.41, 5.74) is 1.14. The Hall–Kier alpha value is -0.830. The van der Waals surface area contributed by atoms with Gasteiger partial charge in [0.25, 0.3) is 0 Å². The Morgan fingerprint density at radius 1 is 1.50 bits per heavy atom. The van der Waals surface area contributed by atoms with E-state index in [4.69, 9.17) is 5.11 Å². The van der Waals surface area contributed by atoms with Gasteiger partial charge in [0.05, 0.1) is 0 Å². The van der Waals surface area contributed by atoms with Crippen LogP contribution in [0.15, 0.2) is 6.20 Å². The molecule has 0 spiro atoms. The summed E-state index contributed by atoms with van der Waals surface area (Å²) in [7, 11) is 0. The van der Waals surface area contributed by atoms with Gasteiger partial charge in [0.1, 0.15) is 5.82 Å². The minimum Gasteiger partial charge on any atom is -0.396 e. The van der Waals surface area contributed by atoms with Gasteiger partial charge in [-0.15, -0.1) is 0 Å². The van der Waals surface area contributed by atoms with E-state index in [2.05, 4.69) is 23.4 Å². The minimum atomic E-state index is 0.203. The van der Waals surface area contributed by atoms with Crippen LogP contribution in [0.2, 0.25) is 0 Å². The van der Waals surface area contributed by atoms with Crippen LogP contribution in [0.25, 0.3) is 0 Å².